The second-order valence-corrected chi connectivity index (χ2v) is 10.2. The third kappa shape index (κ3) is 8.40. The second kappa shape index (κ2) is 11.8. The Morgan fingerprint density at radius 3 is 2.42 bits per heavy atom. The Morgan fingerprint density at radius 1 is 1.10 bits per heavy atom. The molecule has 168 valence electrons. The quantitative estimate of drug-likeness (QED) is 0.482. The Morgan fingerprint density at radius 2 is 1.81 bits per heavy atom. The standard InChI is InChI=1S/C24H30Cl2N2O2S/c1-5-21(23(30)27-24(2,3)4)28(14-18-10-6-7-12-20(18)26)22(29)16-31-15-17-9-8-11-19(25)13-17/h6-13,21H,5,14-16H2,1-4H3,(H,27,30)/t21-/m1/s1. The summed E-state index contributed by atoms with van der Waals surface area (Å²) in [5, 5.41) is 4.26. The Kier molecular flexibility index (Phi) is 9.73. The zero-order chi connectivity index (χ0) is 23.0. The van der Waals surface area contributed by atoms with Crippen molar-refractivity contribution in [1.82, 2.24) is 10.2 Å². The molecule has 0 saturated heterocycles. The topological polar surface area (TPSA) is 49.4 Å². The van der Waals surface area contributed by atoms with Crippen LogP contribution in [0.25, 0.3) is 0 Å². The lowest BCUT2D eigenvalue weighted by Crippen LogP contribution is -2.53. The van der Waals surface area contributed by atoms with Gasteiger partial charge in [0.1, 0.15) is 6.04 Å². The van der Waals surface area contributed by atoms with Gasteiger partial charge >= 0.3 is 0 Å². The number of halogens is 2. The van der Waals surface area contributed by atoms with E-state index in [4.69, 9.17) is 23.2 Å². The lowest BCUT2D eigenvalue weighted by atomic mass is 10.1. The van der Waals surface area contributed by atoms with Gasteiger partial charge in [0.05, 0.1) is 5.75 Å². The Hall–Kier alpha value is -1.69. The van der Waals surface area contributed by atoms with Crippen molar-refractivity contribution < 1.29 is 9.59 Å². The van der Waals surface area contributed by atoms with Crippen LogP contribution in [0.4, 0.5) is 0 Å². The van der Waals surface area contributed by atoms with Gasteiger partial charge in [-0.2, -0.15) is 0 Å². The first kappa shape index (κ1) is 25.6. The first-order valence-corrected chi connectivity index (χ1v) is 12.2. The highest BCUT2D eigenvalue weighted by Crippen LogP contribution is 2.22. The summed E-state index contributed by atoms with van der Waals surface area (Å²) in [6.45, 7) is 7.99. The Labute approximate surface area is 199 Å². The maximum Gasteiger partial charge on any atom is 0.243 e. The molecule has 0 aliphatic heterocycles. The van der Waals surface area contributed by atoms with Crippen molar-refractivity contribution in [2.45, 2.75) is 58.0 Å². The molecule has 0 heterocycles. The number of carbonyl (C=O) groups excluding carboxylic acids is 2. The fourth-order valence-corrected chi connectivity index (χ4v) is 4.41. The fourth-order valence-electron chi connectivity index (χ4n) is 3.15. The highest BCUT2D eigenvalue weighted by Gasteiger charge is 2.30. The molecule has 0 aliphatic rings. The molecule has 2 aromatic carbocycles. The number of amides is 2. The highest BCUT2D eigenvalue weighted by molar-refractivity contribution is 7.99. The number of hydrogen-bond acceptors (Lipinski definition) is 3. The van der Waals surface area contributed by atoms with Crippen LogP contribution in [0.3, 0.4) is 0 Å². The van der Waals surface area contributed by atoms with Gasteiger partial charge in [-0.05, 0) is 56.5 Å². The number of nitrogens with zero attached hydrogens (tertiary/aromatic N) is 1. The van der Waals surface area contributed by atoms with Crippen LogP contribution >= 0.6 is 35.0 Å². The second-order valence-electron chi connectivity index (χ2n) is 8.40. The minimum Gasteiger partial charge on any atom is -0.350 e. The third-order valence-corrected chi connectivity index (χ3v) is 6.16. The van der Waals surface area contributed by atoms with Crippen molar-refractivity contribution in [2.75, 3.05) is 5.75 Å². The lowest BCUT2D eigenvalue weighted by Gasteiger charge is -2.33. The molecule has 1 atom stereocenters. The molecule has 0 unspecified atom stereocenters. The molecule has 2 aromatic rings. The summed E-state index contributed by atoms with van der Waals surface area (Å²) >= 11 is 13.9. The summed E-state index contributed by atoms with van der Waals surface area (Å²) in [5.74, 6) is 0.672. The van der Waals surface area contributed by atoms with Gasteiger partial charge in [0.15, 0.2) is 0 Å². The van der Waals surface area contributed by atoms with Crippen molar-refractivity contribution in [3.8, 4) is 0 Å². The Bertz CT molecular complexity index is 899. The zero-order valence-corrected chi connectivity index (χ0v) is 20.8. The highest BCUT2D eigenvalue weighted by atomic mass is 35.5. The van der Waals surface area contributed by atoms with E-state index in [1.165, 1.54) is 11.8 Å². The predicted molar refractivity (Wildman–Crippen MR) is 132 cm³/mol. The van der Waals surface area contributed by atoms with E-state index in [-0.39, 0.29) is 29.7 Å². The number of thioether (sulfide) groups is 1. The number of benzene rings is 2. The molecular weight excluding hydrogens is 451 g/mol. The van der Waals surface area contributed by atoms with Crippen LogP contribution in [0, 0.1) is 0 Å². The normalized spacial score (nSPS) is 12.3. The summed E-state index contributed by atoms with van der Waals surface area (Å²) in [5.41, 5.74) is 1.49. The molecule has 0 saturated carbocycles. The monoisotopic (exact) mass is 480 g/mol. The molecule has 0 radical (unpaired) electrons. The van der Waals surface area contributed by atoms with Gasteiger partial charge in [0.2, 0.25) is 11.8 Å². The van der Waals surface area contributed by atoms with Gasteiger partial charge in [-0.1, -0.05) is 60.5 Å². The van der Waals surface area contributed by atoms with Gasteiger partial charge in [-0.15, -0.1) is 11.8 Å². The van der Waals surface area contributed by atoms with E-state index in [1.807, 2.05) is 70.2 Å². The zero-order valence-electron chi connectivity index (χ0n) is 18.5. The molecule has 7 heteroatoms. The fraction of sp³-hybridized carbons (Fsp3) is 0.417. The molecule has 0 spiro atoms. The van der Waals surface area contributed by atoms with Crippen LogP contribution in [-0.2, 0) is 21.9 Å². The molecular formula is C24H30Cl2N2O2S. The van der Waals surface area contributed by atoms with E-state index in [0.717, 1.165) is 11.1 Å². The summed E-state index contributed by atoms with van der Waals surface area (Å²) in [4.78, 5) is 27.9. The number of rotatable bonds is 9. The molecule has 2 rings (SSSR count). The molecule has 31 heavy (non-hydrogen) atoms. The number of nitrogens with one attached hydrogen (secondary N) is 1. The van der Waals surface area contributed by atoms with Gasteiger partial charge in [-0.25, -0.2) is 0 Å². The van der Waals surface area contributed by atoms with Crippen molar-refractivity contribution in [3.05, 3.63) is 69.7 Å². The average molecular weight is 481 g/mol. The van der Waals surface area contributed by atoms with Crippen molar-refractivity contribution in [2.24, 2.45) is 0 Å². The smallest absolute Gasteiger partial charge is 0.243 e. The number of carbonyl (C=O) groups is 2. The summed E-state index contributed by atoms with van der Waals surface area (Å²) in [6.07, 6.45) is 0.511. The van der Waals surface area contributed by atoms with E-state index in [2.05, 4.69) is 5.32 Å². The summed E-state index contributed by atoms with van der Waals surface area (Å²) in [7, 11) is 0. The predicted octanol–water partition coefficient (Wildman–Crippen LogP) is 5.95. The lowest BCUT2D eigenvalue weighted by molar-refractivity contribution is -0.140. The molecule has 1 N–H and O–H groups in total. The summed E-state index contributed by atoms with van der Waals surface area (Å²) in [6, 6.07) is 14.4. The molecule has 4 nitrogen and oxygen atoms in total. The first-order chi connectivity index (χ1) is 14.6. The van der Waals surface area contributed by atoms with E-state index in [1.54, 1.807) is 11.0 Å². The van der Waals surface area contributed by atoms with Crippen molar-refractivity contribution >= 4 is 46.8 Å². The average Bonchev–Trinajstić information content (AvgIpc) is 2.68. The minimum atomic E-state index is -0.574. The van der Waals surface area contributed by atoms with Crippen molar-refractivity contribution in [3.63, 3.8) is 0 Å². The van der Waals surface area contributed by atoms with Gasteiger partial charge in [0, 0.05) is 27.9 Å². The minimum absolute atomic E-state index is 0.0946. The van der Waals surface area contributed by atoms with Crippen LogP contribution in [0.1, 0.15) is 45.2 Å². The van der Waals surface area contributed by atoms with Gasteiger partial charge in [0.25, 0.3) is 0 Å². The molecule has 0 fully saturated rings. The SMILES string of the molecule is CC[C@H](C(=O)NC(C)(C)C)N(Cc1ccccc1Cl)C(=O)CSCc1cccc(Cl)c1. The van der Waals surface area contributed by atoms with E-state index >= 15 is 0 Å². The largest absolute Gasteiger partial charge is 0.350 e. The molecule has 0 aromatic heterocycles. The van der Waals surface area contributed by atoms with E-state index < -0.39 is 6.04 Å². The Balaban J connectivity index is 2.17. The van der Waals surface area contributed by atoms with Gasteiger partial charge < -0.3 is 10.2 Å². The number of hydrogen-bond donors (Lipinski definition) is 1. The third-order valence-electron chi connectivity index (χ3n) is 4.57. The van der Waals surface area contributed by atoms with Crippen LogP contribution in [0.5, 0.6) is 0 Å². The molecule has 0 aliphatic carbocycles. The summed E-state index contributed by atoms with van der Waals surface area (Å²) < 4.78 is 0. The van der Waals surface area contributed by atoms with E-state index in [0.29, 0.717) is 22.2 Å². The van der Waals surface area contributed by atoms with Crippen LogP contribution < -0.4 is 5.32 Å². The van der Waals surface area contributed by atoms with E-state index in [9.17, 15) is 9.59 Å². The van der Waals surface area contributed by atoms with Crippen molar-refractivity contribution in [1.29, 1.82) is 0 Å². The van der Waals surface area contributed by atoms with Crippen LogP contribution in [0.2, 0.25) is 10.0 Å². The van der Waals surface area contributed by atoms with Crippen LogP contribution in [-0.4, -0.2) is 34.0 Å². The molecule has 2 amide bonds. The van der Waals surface area contributed by atoms with Crippen LogP contribution in [0.15, 0.2) is 48.5 Å². The van der Waals surface area contributed by atoms with Gasteiger partial charge in [-0.3, -0.25) is 9.59 Å². The first-order valence-electron chi connectivity index (χ1n) is 10.3. The molecule has 0 bridgehead atoms. The maximum absolute atomic E-state index is 13.2. The maximum atomic E-state index is 13.2.